The van der Waals surface area contributed by atoms with Crippen molar-refractivity contribution in [2.24, 2.45) is 11.8 Å². The van der Waals surface area contributed by atoms with Crippen LogP contribution in [0.2, 0.25) is 0 Å². The van der Waals surface area contributed by atoms with Crippen molar-refractivity contribution in [3.63, 3.8) is 0 Å². The van der Waals surface area contributed by atoms with Crippen LogP contribution in [-0.4, -0.2) is 36.3 Å². The molecular weight excluding hydrogens is 642 g/mol. The van der Waals surface area contributed by atoms with Crippen molar-refractivity contribution in [1.29, 1.82) is 0 Å². The number of methoxy groups -OCH3 is 1. The Morgan fingerprint density at radius 3 is 1.94 bits per heavy atom. The monoisotopic (exact) mass is 687 g/mol. The maximum absolute atomic E-state index is 14.0. The van der Waals surface area contributed by atoms with Gasteiger partial charge in [-0.2, -0.15) is 30.9 Å². The molecule has 0 spiro atoms. The maximum atomic E-state index is 14.0. The van der Waals surface area contributed by atoms with E-state index in [9.17, 15) is 31.1 Å². The molecule has 5 rings (SSSR count). The number of halogens is 6. The van der Waals surface area contributed by atoms with Gasteiger partial charge in [-0.1, -0.05) is 41.5 Å². The van der Waals surface area contributed by atoms with Gasteiger partial charge in [-0.25, -0.2) is 0 Å². The molecule has 2 aromatic rings. The van der Waals surface area contributed by atoms with Gasteiger partial charge in [0, 0.05) is 47.5 Å². The average Bonchev–Trinajstić information content (AvgIpc) is 3.34. The highest BCUT2D eigenvalue weighted by atomic mass is 19.4. The molecular formula is C39H45F6N2O2+. The van der Waals surface area contributed by atoms with E-state index in [0.29, 0.717) is 75.7 Å². The van der Waals surface area contributed by atoms with E-state index >= 15 is 0 Å². The van der Waals surface area contributed by atoms with E-state index < -0.39 is 34.3 Å². The van der Waals surface area contributed by atoms with Crippen LogP contribution in [0.5, 0.6) is 0 Å². The van der Waals surface area contributed by atoms with Crippen LogP contribution in [0.3, 0.4) is 0 Å². The minimum Gasteiger partial charge on any atom is -0.495 e. The molecule has 0 atom stereocenters. The van der Waals surface area contributed by atoms with Crippen molar-refractivity contribution in [2.45, 2.75) is 91.4 Å². The number of carbonyl (C=O) groups excluding carboxylic acids is 1. The molecule has 1 aliphatic carbocycles. The molecule has 0 unspecified atom stereocenters. The Morgan fingerprint density at radius 2 is 1.39 bits per heavy atom. The van der Waals surface area contributed by atoms with Gasteiger partial charge in [0.2, 0.25) is 11.5 Å². The first kappa shape index (κ1) is 36.5. The molecule has 0 fully saturated rings. The van der Waals surface area contributed by atoms with Crippen molar-refractivity contribution in [3.05, 3.63) is 93.4 Å². The van der Waals surface area contributed by atoms with Gasteiger partial charge in [-0.15, -0.1) is 0 Å². The zero-order valence-corrected chi connectivity index (χ0v) is 29.6. The number of carbonyl (C=O) groups is 1. The molecule has 2 aromatic carbocycles. The third-order valence-electron chi connectivity index (χ3n) is 10.0. The molecule has 49 heavy (non-hydrogen) atoms. The number of Topliss-reactive ketones (excluding diaryl/α,β-unsaturated/α-hetero) is 1. The number of ketones is 1. The first-order valence-electron chi connectivity index (χ1n) is 16.7. The lowest BCUT2D eigenvalue weighted by Crippen LogP contribution is -2.33. The summed E-state index contributed by atoms with van der Waals surface area (Å²) in [6.45, 7) is 16.8. The van der Waals surface area contributed by atoms with Crippen LogP contribution in [0, 0.1) is 11.8 Å². The van der Waals surface area contributed by atoms with Crippen LogP contribution in [0.25, 0.3) is 0 Å². The number of ether oxygens (including phenoxy) is 1. The lowest BCUT2D eigenvalue weighted by atomic mass is 9.77. The van der Waals surface area contributed by atoms with Gasteiger partial charge in [0.15, 0.2) is 5.71 Å². The van der Waals surface area contributed by atoms with E-state index in [0.717, 1.165) is 25.0 Å². The highest BCUT2D eigenvalue weighted by molar-refractivity contribution is 6.24. The average molecular weight is 688 g/mol. The largest absolute Gasteiger partial charge is 0.495 e. The second-order valence-electron chi connectivity index (χ2n) is 15.1. The van der Waals surface area contributed by atoms with Gasteiger partial charge in [-0.3, -0.25) is 4.79 Å². The number of alkyl halides is 6. The van der Waals surface area contributed by atoms with Crippen molar-refractivity contribution in [1.82, 2.24) is 0 Å². The minimum atomic E-state index is -4.50. The molecule has 0 saturated carbocycles. The van der Waals surface area contributed by atoms with Crippen LogP contribution < -0.4 is 4.90 Å². The molecule has 3 aliphatic rings. The Balaban J connectivity index is 1.63. The zero-order chi connectivity index (χ0) is 36.4. The van der Waals surface area contributed by atoms with E-state index in [1.54, 1.807) is 12.2 Å². The van der Waals surface area contributed by atoms with Crippen LogP contribution in [-0.2, 0) is 32.7 Å². The topological polar surface area (TPSA) is 32.5 Å². The number of anilines is 1. The summed E-state index contributed by atoms with van der Waals surface area (Å²) in [7, 11) is 1.46. The van der Waals surface area contributed by atoms with Crippen molar-refractivity contribution in [3.8, 4) is 0 Å². The van der Waals surface area contributed by atoms with E-state index in [1.165, 1.54) is 31.4 Å². The minimum absolute atomic E-state index is 0.296. The van der Waals surface area contributed by atoms with Gasteiger partial charge >= 0.3 is 12.4 Å². The van der Waals surface area contributed by atoms with E-state index in [2.05, 4.69) is 27.7 Å². The fourth-order valence-corrected chi connectivity index (χ4v) is 7.07. The molecule has 0 aromatic heterocycles. The molecule has 0 saturated heterocycles. The van der Waals surface area contributed by atoms with Crippen molar-refractivity contribution < 1.29 is 40.4 Å². The summed E-state index contributed by atoms with van der Waals surface area (Å²) in [6, 6.07) is 7.60. The third kappa shape index (κ3) is 6.47. The van der Waals surface area contributed by atoms with E-state index in [4.69, 9.17) is 4.74 Å². The van der Waals surface area contributed by atoms with Gasteiger partial charge in [0.05, 0.1) is 34.8 Å². The number of hydrogen-bond acceptors (Lipinski definition) is 3. The number of hydrogen-bond donors (Lipinski definition) is 0. The van der Waals surface area contributed by atoms with Crippen LogP contribution >= 0.6 is 0 Å². The number of allylic oxidation sites excluding steroid dienone is 5. The number of benzene rings is 2. The number of rotatable bonds is 9. The van der Waals surface area contributed by atoms with Crippen molar-refractivity contribution in [2.75, 3.05) is 25.1 Å². The summed E-state index contributed by atoms with van der Waals surface area (Å²) in [5.74, 6) is 0.703. The fourth-order valence-electron chi connectivity index (χ4n) is 7.07. The number of fused-ring (bicyclic) bond motifs is 2. The molecule has 0 N–H and O–H groups in total. The summed E-state index contributed by atoms with van der Waals surface area (Å²) in [4.78, 5) is 16.0. The molecule has 2 aliphatic heterocycles. The normalized spacial score (nSPS) is 20.3. The molecule has 0 bridgehead atoms. The molecule has 0 amide bonds. The second-order valence-corrected chi connectivity index (χ2v) is 15.1. The van der Waals surface area contributed by atoms with Crippen LogP contribution in [0.1, 0.15) is 90.5 Å². The summed E-state index contributed by atoms with van der Waals surface area (Å²) < 4.78 is 90.3. The zero-order valence-electron chi connectivity index (χ0n) is 29.6. The fraction of sp³-hybridized carbons (Fsp3) is 0.487. The molecule has 0 radical (unpaired) electrons. The molecule has 10 heteroatoms. The first-order valence-corrected chi connectivity index (χ1v) is 16.7. The summed E-state index contributed by atoms with van der Waals surface area (Å²) in [5.41, 5.74) is 1.23. The third-order valence-corrected chi connectivity index (χ3v) is 10.0. The Hall–Kier alpha value is -3.82. The molecule has 4 nitrogen and oxygen atoms in total. The van der Waals surface area contributed by atoms with E-state index in [-0.39, 0.29) is 5.78 Å². The van der Waals surface area contributed by atoms with Crippen molar-refractivity contribution >= 4 is 22.9 Å². The van der Waals surface area contributed by atoms with E-state index in [1.807, 2.05) is 37.2 Å². The smallest absolute Gasteiger partial charge is 0.416 e. The Labute approximate surface area is 284 Å². The van der Waals surface area contributed by atoms with Crippen LogP contribution in [0.15, 0.2) is 71.2 Å². The van der Waals surface area contributed by atoms with Gasteiger partial charge < -0.3 is 9.64 Å². The lowest BCUT2D eigenvalue weighted by Gasteiger charge is -2.30. The van der Waals surface area contributed by atoms with Gasteiger partial charge in [-0.05, 0) is 74.1 Å². The Morgan fingerprint density at radius 1 is 0.816 bits per heavy atom. The summed E-state index contributed by atoms with van der Waals surface area (Å²) in [6.07, 6.45) is -3.98. The van der Waals surface area contributed by atoms with Crippen LogP contribution in [0.4, 0.5) is 37.7 Å². The summed E-state index contributed by atoms with van der Waals surface area (Å²) >= 11 is 0. The highest BCUT2D eigenvalue weighted by Crippen LogP contribution is 2.51. The quantitative estimate of drug-likeness (QED) is 0.149. The molecule has 2 heterocycles. The predicted octanol–water partition coefficient (Wildman–Crippen LogP) is 10.3. The lowest BCUT2D eigenvalue weighted by molar-refractivity contribution is -0.439. The summed E-state index contributed by atoms with van der Waals surface area (Å²) in [5, 5.41) is 0. The molecule has 264 valence electrons. The highest BCUT2D eigenvalue weighted by Gasteiger charge is 2.49. The van der Waals surface area contributed by atoms with Gasteiger partial charge in [0.25, 0.3) is 0 Å². The maximum Gasteiger partial charge on any atom is 0.416 e. The number of nitrogens with zero attached hydrogens (tertiary/aromatic N) is 2. The SMILES string of the molecule is COC1=C(C=C2N(CCC(C)C)c3ccc(C(F)(F)F)cc3C2(C)C)C(=O)C1=CC1=[N+](CCC(C)C)c2ccc(C(F)(F)F)cc2C1(C)C. The predicted molar refractivity (Wildman–Crippen MR) is 180 cm³/mol. The Kier molecular flexibility index (Phi) is 9.30. The second kappa shape index (κ2) is 12.5. The standard InChI is InChI=1S/C39H45F6N2O2/c1-22(2)14-16-46-30-12-10-24(38(40,41)42)18-28(30)36(5,6)32(46)20-26-34(48)27(35(26)49-9)21-33-37(7,8)29-19-25(39(43,44)45)11-13-31(29)47(33)17-15-23(3)4/h10-13,18-23H,14-17H2,1-9H3/q+1. The first-order chi connectivity index (χ1) is 22.6. The Bertz CT molecular complexity index is 1800. The van der Waals surface area contributed by atoms with Gasteiger partial charge in [0.1, 0.15) is 12.3 Å².